The zero-order chi connectivity index (χ0) is 21.0. The highest BCUT2D eigenvalue weighted by atomic mass is 16.5. The Morgan fingerprint density at radius 2 is 1.83 bits per heavy atom. The Balaban J connectivity index is 1.62. The van der Waals surface area contributed by atoms with Crippen LogP contribution in [0.2, 0.25) is 0 Å². The van der Waals surface area contributed by atoms with Gasteiger partial charge in [0, 0.05) is 12.1 Å². The predicted octanol–water partition coefficient (Wildman–Crippen LogP) is 2.13. The standard InChI is InChI=1S/C21H23N5O3/c1-4-26-14(3)23-18-11-16(7-10-19(18)26)21(28)25-24-13(2)15-5-8-17(9-6-15)29-12-20(22)27/h5-11,24H,2,4,12H2,1,3H3,(H2,22,27)(H,25,28). The Hall–Kier alpha value is -3.81. The number of amides is 2. The fourth-order valence-electron chi connectivity index (χ4n) is 2.97. The molecule has 0 unspecified atom stereocenters. The van der Waals surface area contributed by atoms with Gasteiger partial charge in [0.05, 0.1) is 16.7 Å². The predicted molar refractivity (Wildman–Crippen MR) is 111 cm³/mol. The van der Waals surface area contributed by atoms with Gasteiger partial charge in [0.25, 0.3) is 11.8 Å². The number of aryl methyl sites for hydroxylation is 2. The second kappa shape index (κ2) is 8.47. The van der Waals surface area contributed by atoms with Crippen molar-refractivity contribution >= 4 is 28.5 Å². The van der Waals surface area contributed by atoms with Gasteiger partial charge in [-0.05, 0) is 61.9 Å². The average molecular weight is 393 g/mol. The fraction of sp³-hybridized carbons (Fsp3) is 0.190. The van der Waals surface area contributed by atoms with Crippen molar-refractivity contribution in [2.75, 3.05) is 6.61 Å². The minimum atomic E-state index is -0.544. The van der Waals surface area contributed by atoms with E-state index in [0.717, 1.165) is 29.0 Å². The van der Waals surface area contributed by atoms with Gasteiger partial charge in [-0.15, -0.1) is 0 Å². The van der Waals surface area contributed by atoms with Crippen LogP contribution in [0.15, 0.2) is 49.0 Å². The molecule has 3 aromatic rings. The summed E-state index contributed by atoms with van der Waals surface area (Å²) in [6, 6.07) is 12.3. The van der Waals surface area contributed by atoms with Crippen LogP contribution >= 0.6 is 0 Å². The van der Waals surface area contributed by atoms with Crippen molar-refractivity contribution in [1.29, 1.82) is 0 Å². The number of rotatable bonds is 8. The van der Waals surface area contributed by atoms with E-state index in [2.05, 4.69) is 33.9 Å². The van der Waals surface area contributed by atoms with E-state index in [4.69, 9.17) is 10.5 Å². The number of benzene rings is 2. The zero-order valence-corrected chi connectivity index (χ0v) is 16.4. The van der Waals surface area contributed by atoms with Crippen molar-refractivity contribution in [1.82, 2.24) is 20.4 Å². The number of fused-ring (bicyclic) bond motifs is 1. The maximum absolute atomic E-state index is 12.5. The van der Waals surface area contributed by atoms with E-state index >= 15 is 0 Å². The van der Waals surface area contributed by atoms with Gasteiger partial charge < -0.3 is 15.0 Å². The van der Waals surface area contributed by atoms with Crippen LogP contribution in [-0.4, -0.2) is 28.0 Å². The van der Waals surface area contributed by atoms with E-state index in [1.165, 1.54) is 0 Å². The van der Waals surface area contributed by atoms with Crippen molar-refractivity contribution in [3.05, 3.63) is 66.0 Å². The molecule has 0 bridgehead atoms. The Kier molecular flexibility index (Phi) is 5.82. The van der Waals surface area contributed by atoms with E-state index in [-0.39, 0.29) is 12.5 Å². The molecular weight excluding hydrogens is 370 g/mol. The summed E-state index contributed by atoms with van der Waals surface area (Å²) in [5, 5.41) is 0. The van der Waals surface area contributed by atoms with Crippen LogP contribution in [-0.2, 0) is 11.3 Å². The number of nitrogens with one attached hydrogen (secondary N) is 2. The lowest BCUT2D eigenvalue weighted by molar-refractivity contribution is -0.119. The van der Waals surface area contributed by atoms with Crippen LogP contribution in [0.1, 0.15) is 28.7 Å². The van der Waals surface area contributed by atoms with Gasteiger partial charge >= 0.3 is 0 Å². The van der Waals surface area contributed by atoms with Gasteiger partial charge in [-0.3, -0.25) is 20.4 Å². The van der Waals surface area contributed by atoms with Gasteiger partial charge in [-0.2, -0.15) is 0 Å². The monoisotopic (exact) mass is 393 g/mol. The van der Waals surface area contributed by atoms with Crippen molar-refractivity contribution in [3.63, 3.8) is 0 Å². The summed E-state index contributed by atoms with van der Waals surface area (Å²) in [5.41, 5.74) is 14.0. The number of primary amides is 1. The first-order valence-corrected chi connectivity index (χ1v) is 9.12. The molecule has 0 fully saturated rings. The fourth-order valence-corrected chi connectivity index (χ4v) is 2.97. The second-order valence-electron chi connectivity index (χ2n) is 6.44. The lowest BCUT2D eigenvalue weighted by atomic mass is 10.1. The molecular formula is C21H23N5O3. The lowest BCUT2D eigenvalue weighted by Crippen LogP contribution is -2.35. The molecule has 0 spiro atoms. The normalized spacial score (nSPS) is 10.6. The van der Waals surface area contributed by atoms with Gasteiger partial charge in [0.1, 0.15) is 11.6 Å². The number of nitrogens with zero attached hydrogens (tertiary/aromatic N) is 2. The molecule has 0 atom stereocenters. The van der Waals surface area contributed by atoms with Gasteiger partial charge in [0.15, 0.2) is 6.61 Å². The first-order chi connectivity index (χ1) is 13.9. The highest BCUT2D eigenvalue weighted by Crippen LogP contribution is 2.18. The van der Waals surface area contributed by atoms with E-state index in [9.17, 15) is 9.59 Å². The zero-order valence-electron chi connectivity index (χ0n) is 16.4. The molecule has 1 aromatic heterocycles. The van der Waals surface area contributed by atoms with Crippen molar-refractivity contribution in [2.24, 2.45) is 5.73 Å². The first kappa shape index (κ1) is 19.9. The number of hydrogen-bond donors (Lipinski definition) is 3. The summed E-state index contributed by atoms with van der Waals surface area (Å²) in [6.07, 6.45) is 0. The van der Waals surface area contributed by atoms with Crippen molar-refractivity contribution < 1.29 is 14.3 Å². The number of hydrogen-bond acceptors (Lipinski definition) is 5. The van der Waals surface area contributed by atoms with E-state index < -0.39 is 5.91 Å². The first-order valence-electron chi connectivity index (χ1n) is 9.12. The van der Waals surface area contributed by atoms with Crippen LogP contribution < -0.4 is 21.3 Å². The molecule has 0 aliphatic heterocycles. The van der Waals surface area contributed by atoms with E-state index in [0.29, 0.717) is 17.0 Å². The third kappa shape index (κ3) is 4.55. The number of nitrogens with two attached hydrogens (primary N) is 1. The third-order valence-corrected chi connectivity index (χ3v) is 4.43. The summed E-state index contributed by atoms with van der Waals surface area (Å²) in [4.78, 5) is 27.7. The molecule has 0 radical (unpaired) electrons. The van der Waals surface area contributed by atoms with Crippen LogP contribution in [0.25, 0.3) is 16.7 Å². The smallest absolute Gasteiger partial charge is 0.269 e. The highest BCUT2D eigenvalue weighted by Gasteiger charge is 2.11. The Morgan fingerprint density at radius 3 is 2.48 bits per heavy atom. The maximum atomic E-state index is 12.5. The quantitative estimate of drug-likeness (QED) is 0.508. The number of imidazole rings is 1. The van der Waals surface area contributed by atoms with Crippen LogP contribution in [0.4, 0.5) is 0 Å². The molecule has 0 saturated carbocycles. The number of aromatic nitrogens is 2. The number of carbonyl (C=O) groups excluding carboxylic acids is 2. The number of carbonyl (C=O) groups is 2. The molecule has 2 amide bonds. The topological polar surface area (TPSA) is 111 Å². The largest absolute Gasteiger partial charge is 0.484 e. The van der Waals surface area contributed by atoms with Crippen LogP contribution in [0.3, 0.4) is 0 Å². The number of hydrazine groups is 1. The Morgan fingerprint density at radius 1 is 1.14 bits per heavy atom. The molecule has 0 aliphatic rings. The summed E-state index contributed by atoms with van der Waals surface area (Å²) in [6.45, 7) is 8.55. The summed E-state index contributed by atoms with van der Waals surface area (Å²) in [7, 11) is 0. The molecule has 150 valence electrons. The molecule has 2 aromatic carbocycles. The van der Waals surface area contributed by atoms with E-state index in [1.807, 2.05) is 13.0 Å². The molecule has 8 nitrogen and oxygen atoms in total. The third-order valence-electron chi connectivity index (χ3n) is 4.43. The van der Waals surface area contributed by atoms with Gasteiger partial charge in [-0.25, -0.2) is 4.98 Å². The molecule has 0 aliphatic carbocycles. The van der Waals surface area contributed by atoms with Crippen LogP contribution in [0, 0.1) is 6.92 Å². The van der Waals surface area contributed by atoms with Gasteiger partial charge in [-0.1, -0.05) is 6.58 Å². The molecule has 3 rings (SSSR count). The molecule has 0 saturated heterocycles. The minimum Gasteiger partial charge on any atom is -0.484 e. The highest BCUT2D eigenvalue weighted by molar-refractivity contribution is 5.97. The van der Waals surface area contributed by atoms with Crippen molar-refractivity contribution in [3.8, 4) is 5.75 Å². The molecule has 29 heavy (non-hydrogen) atoms. The second-order valence-corrected chi connectivity index (χ2v) is 6.44. The number of ether oxygens (including phenoxy) is 1. The molecule has 8 heteroatoms. The Bertz CT molecular complexity index is 1070. The lowest BCUT2D eigenvalue weighted by Gasteiger charge is -2.12. The van der Waals surface area contributed by atoms with Gasteiger partial charge in [0.2, 0.25) is 0 Å². The summed E-state index contributed by atoms with van der Waals surface area (Å²) in [5.74, 6) is 0.588. The average Bonchev–Trinajstić information content (AvgIpc) is 3.04. The van der Waals surface area contributed by atoms with Crippen LogP contribution in [0.5, 0.6) is 5.75 Å². The minimum absolute atomic E-state index is 0.186. The molecule has 4 N–H and O–H groups in total. The van der Waals surface area contributed by atoms with E-state index in [1.54, 1.807) is 36.4 Å². The SMILES string of the molecule is C=C(NNC(=O)c1ccc2c(c1)nc(C)n2CC)c1ccc(OCC(N)=O)cc1. The maximum Gasteiger partial charge on any atom is 0.269 e. The summed E-state index contributed by atoms with van der Waals surface area (Å²) >= 11 is 0. The summed E-state index contributed by atoms with van der Waals surface area (Å²) < 4.78 is 7.30. The van der Waals surface area contributed by atoms with Crippen molar-refractivity contribution in [2.45, 2.75) is 20.4 Å². The Labute approximate surface area is 168 Å². The molecule has 1 heterocycles.